The molecule has 2 aliphatic carbocycles. The number of nitrogens with one attached hydrogen (secondary N) is 1. The number of ether oxygens (including phenoxy) is 1. The minimum Gasteiger partial charge on any atom is -0.407 e. The van der Waals surface area contributed by atoms with Gasteiger partial charge < -0.3 is 10.1 Å². The topological polar surface area (TPSA) is 73.2 Å². The molecule has 1 N–H and O–H groups in total. The highest BCUT2D eigenvalue weighted by molar-refractivity contribution is 5.93. The van der Waals surface area contributed by atoms with Crippen molar-refractivity contribution in [1.82, 2.24) is 9.78 Å². The van der Waals surface area contributed by atoms with Gasteiger partial charge in [0.15, 0.2) is 0 Å². The maximum Gasteiger partial charge on any atom is 0.309 e. The molecule has 5 rings (SSSR count). The number of hydrogen-bond acceptors (Lipinski definition) is 4. The van der Waals surface area contributed by atoms with Crippen LogP contribution in [0.4, 0.5) is 5.69 Å². The lowest BCUT2D eigenvalue weighted by molar-refractivity contribution is -0.132. The van der Waals surface area contributed by atoms with Gasteiger partial charge >= 0.3 is 5.97 Å². The SMILES string of the molecule is CC(=O)Oc1c(-c2ccc(NC(=O)C3CCCC3)cc2)c(C2CC2)nn1-c1cccc(C)c1. The van der Waals surface area contributed by atoms with Crippen LogP contribution >= 0.6 is 0 Å². The van der Waals surface area contributed by atoms with Crippen LogP contribution < -0.4 is 10.1 Å². The van der Waals surface area contributed by atoms with Gasteiger partial charge in [-0.25, -0.2) is 0 Å². The highest BCUT2D eigenvalue weighted by atomic mass is 16.5. The molecule has 6 nitrogen and oxygen atoms in total. The number of rotatable bonds is 6. The number of anilines is 1. The molecule has 2 aromatic carbocycles. The zero-order chi connectivity index (χ0) is 22.9. The monoisotopic (exact) mass is 443 g/mol. The fraction of sp³-hybridized carbons (Fsp3) is 0.370. The number of carbonyl (C=O) groups excluding carboxylic acids is 2. The van der Waals surface area contributed by atoms with Crippen molar-refractivity contribution in [3.8, 4) is 22.7 Å². The van der Waals surface area contributed by atoms with Crippen LogP contribution in [0.5, 0.6) is 5.88 Å². The Labute approximate surface area is 194 Å². The standard InChI is InChI=1S/C27H29N3O3/c1-17-6-5-9-23(16-17)30-27(33-18(2)31)24(25(29-30)20-10-11-20)19-12-14-22(15-13-19)28-26(32)21-7-3-4-8-21/h5-6,9,12-16,20-21H,3-4,7-8,10-11H2,1-2H3,(H,28,32). The highest BCUT2D eigenvalue weighted by Gasteiger charge is 2.34. The van der Waals surface area contributed by atoms with Gasteiger partial charge in [0.2, 0.25) is 11.8 Å². The summed E-state index contributed by atoms with van der Waals surface area (Å²) in [5.74, 6) is 0.647. The van der Waals surface area contributed by atoms with E-state index in [0.29, 0.717) is 11.8 Å². The number of benzene rings is 2. The molecule has 1 heterocycles. The van der Waals surface area contributed by atoms with Crippen LogP contribution in [0.1, 0.15) is 62.6 Å². The normalized spacial score (nSPS) is 16.1. The number of carbonyl (C=O) groups is 2. The zero-order valence-corrected chi connectivity index (χ0v) is 19.1. The maximum atomic E-state index is 12.5. The van der Waals surface area contributed by atoms with Crippen LogP contribution in [0, 0.1) is 12.8 Å². The first kappa shape index (κ1) is 21.4. The fourth-order valence-electron chi connectivity index (χ4n) is 4.65. The molecule has 0 saturated heterocycles. The lowest BCUT2D eigenvalue weighted by atomic mass is 10.0. The van der Waals surface area contributed by atoms with E-state index in [0.717, 1.165) is 72.3 Å². The van der Waals surface area contributed by atoms with Crippen molar-refractivity contribution >= 4 is 17.6 Å². The Kier molecular flexibility index (Phi) is 5.75. The third-order valence-electron chi connectivity index (χ3n) is 6.49. The summed E-state index contributed by atoms with van der Waals surface area (Å²) in [6, 6.07) is 15.8. The smallest absolute Gasteiger partial charge is 0.309 e. The van der Waals surface area contributed by atoms with Crippen LogP contribution in [-0.4, -0.2) is 21.7 Å². The molecule has 2 saturated carbocycles. The van der Waals surface area contributed by atoms with Crippen molar-refractivity contribution < 1.29 is 14.3 Å². The summed E-state index contributed by atoms with van der Waals surface area (Å²) < 4.78 is 7.48. The minimum atomic E-state index is -0.382. The van der Waals surface area contributed by atoms with Gasteiger partial charge in [-0.05, 0) is 68.0 Å². The summed E-state index contributed by atoms with van der Waals surface area (Å²) in [4.78, 5) is 24.5. The highest BCUT2D eigenvalue weighted by Crippen LogP contribution is 2.48. The van der Waals surface area contributed by atoms with E-state index in [1.165, 1.54) is 6.92 Å². The van der Waals surface area contributed by atoms with Gasteiger partial charge in [-0.3, -0.25) is 9.59 Å². The lowest BCUT2D eigenvalue weighted by Crippen LogP contribution is -2.20. The predicted octanol–water partition coefficient (Wildman–Crippen LogP) is 5.78. The first-order chi connectivity index (χ1) is 16.0. The van der Waals surface area contributed by atoms with Gasteiger partial charge in [0.05, 0.1) is 16.9 Å². The molecule has 33 heavy (non-hydrogen) atoms. The predicted molar refractivity (Wildman–Crippen MR) is 128 cm³/mol. The summed E-state index contributed by atoms with van der Waals surface area (Å²) >= 11 is 0. The average molecular weight is 444 g/mol. The average Bonchev–Trinajstić information content (AvgIpc) is 3.35. The lowest BCUT2D eigenvalue weighted by Gasteiger charge is -2.12. The zero-order valence-electron chi connectivity index (χ0n) is 19.1. The molecule has 0 unspecified atom stereocenters. The van der Waals surface area contributed by atoms with Crippen molar-refractivity contribution in [2.24, 2.45) is 5.92 Å². The van der Waals surface area contributed by atoms with Crippen LogP contribution in [0.3, 0.4) is 0 Å². The molecule has 0 bridgehead atoms. The minimum absolute atomic E-state index is 0.104. The molecule has 170 valence electrons. The van der Waals surface area contributed by atoms with E-state index >= 15 is 0 Å². The third-order valence-corrected chi connectivity index (χ3v) is 6.49. The summed E-state index contributed by atoms with van der Waals surface area (Å²) in [6.07, 6.45) is 6.35. The summed E-state index contributed by atoms with van der Waals surface area (Å²) in [5.41, 5.74) is 5.47. The third kappa shape index (κ3) is 4.56. The largest absolute Gasteiger partial charge is 0.407 e. The molecular formula is C27H29N3O3. The van der Waals surface area contributed by atoms with Crippen LogP contribution in [-0.2, 0) is 9.59 Å². The van der Waals surface area contributed by atoms with E-state index in [2.05, 4.69) is 5.32 Å². The molecule has 6 heteroatoms. The number of esters is 1. The van der Waals surface area contributed by atoms with E-state index in [-0.39, 0.29) is 17.8 Å². The van der Waals surface area contributed by atoms with Gasteiger partial charge in [-0.15, -0.1) is 0 Å². The fourth-order valence-corrected chi connectivity index (χ4v) is 4.65. The van der Waals surface area contributed by atoms with E-state index < -0.39 is 0 Å². The summed E-state index contributed by atoms with van der Waals surface area (Å²) in [6.45, 7) is 3.44. The molecule has 1 amide bonds. The van der Waals surface area contributed by atoms with Gasteiger partial charge in [0, 0.05) is 24.4 Å². The van der Waals surface area contributed by atoms with E-state index in [4.69, 9.17) is 9.84 Å². The molecule has 1 aromatic heterocycles. The second-order valence-corrected chi connectivity index (χ2v) is 9.23. The van der Waals surface area contributed by atoms with E-state index in [1.807, 2.05) is 55.5 Å². The first-order valence-corrected chi connectivity index (χ1v) is 11.8. The Balaban J connectivity index is 1.52. The van der Waals surface area contributed by atoms with Crippen molar-refractivity contribution in [3.63, 3.8) is 0 Å². The van der Waals surface area contributed by atoms with Crippen molar-refractivity contribution in [1.29, 1.82) is 0 Å². The van der Waals surface area contributed by atoms with E-state index in [9.17, 15) is 9.59 Å². The second-order valence-electron chi connectivity index (χ2n) is 9.23. The van der Waals surface area contributed by atoms with Gasteiger partial charge in [0.25, 0.3) is 0 Å². The number of nitrogens with zero attached hydrogens (tertiary/aromatic N) is 2. The molecule has 3 aromatic rings. The Morgan fingerprint density at radius 1 is 1.03 bits per heavy atom. The van der Waals surface area contributed by atoms with Crippen LogP contribution in [0.2, 0.25) is 0 Å². The van der Waals surface area contributed by atoms with E-state index in [1.54, 1.807) is 4.68 Å². The Morgan fingerprint density at radius 3 is 2.39 bits per heavy atom. The number of aryl methyl sites for hydroxylation is 1. The number of aromatic nitrogens is 2. The summed E-state index contributed by atoms with van der Waals surface area (Å²) in [7, 11) is 0. The molecule has 0 radical (unpaired) electrons. The second kappa shape index (κ2) is 8.85. The Hall–Kier alpha value is -3.41. The molecule has 2 aliphatic rings. The van der Waals surface area contributed by atoms with Gasteiger partial charge in [-0.1, -0.05) is 37.1 Å². The van der Waals surface area contributed by atoms with Gasteiger partial charge in [0.1, 0.15) is 0 Å². The quantitative estimate of drug-likeness (QED) is 0.490. The van der Waals surface area contributed by atoms with Crippen LogP contribution in [0.25, 0.3) is 16.8 Å². The number of amides is 1. The van der Waals surface area contributed by atoms with Crippen LogP contribution in [0.15, 0.2) is 48.5 Å². The first-order valence-electron chi connectivity index (χ1n) is 11.8. The Bertz CT molecular complexity index is 1190. The molecule has 0 aliphatic heterocycles. The Morgan fingerprint density at radius 2 is 1.76 bits per heavy atom. The maximum absolute atomic E-state index is 12.5. The van der Waals surface area contributed by atoms with Crippen molar-refractivity contribution in [2.45, 2.75) is 58.3 Å². The molecule has 2 fully saturated rings. The number of hydrogen-bond donors (Lipinski definition) is 1. The molecule has 0 spiro atoms. The van der Waals surface area contributed by atoms with Gasteiger partial charge in [-0.2, -0.15) is 9.78 Å². The van der Waals surface area contributed by atoms with Crippen molar-refractivity contribution in [2.75, 3.05) is 5.32 Å². The van der Waals surface area contributed by atoms with Crippen molar-refractivity contribution in [3.05, 3.63) is 59.8 Å². The molecule has 0 atom stereocenters. The summed E-state index contributed by atoms with van der Waals surface area (Å²) in [5, 5.41) is 7.96. The molecular weight excluding hydrogens is 414 g/mol.